The van der Waals surface area contributed by atoms with Gasteiger partial charge in [-0.25, -0.2) is 0 Å². The summed E-state index contributed by atoms with van der Waals surface area (Å²) in [6, 6.07) is 0. The van der Waals surface area contributed by atoms with Gasteiger partial charge < -0.3 is 43.3 Å². The second-order valence-electron chi connectivity index (χ2n) is 7.70. The van der Waals surface area contributed by atoms with Crippen molar-refractivity contribution >= 4 is 24.9 Å². The van der Waals surface area contributed by atoms with Crippen LogP contribution in [0.15, 0.2) is 0 Å². The van der Waals surface area contributed by atoms with Crippen LogP contribution in [0.25, 0.3) is 0 Å². The van der Waals surface area contributed by atoms with E-state index >= 15 is 0 Å². The molecule has 0 bridgehead atoms. The Labute approximate surface area is 173 Å². The lowest BCUT2D eigenvalue weighted by Crippen LogP contribution is -2.37. The van der Waals surface area contributed by atoms with Gasteiger partial charge >= 0.3 is 0 Å². The molecule has 0 heterocycles. The van der Waals surface area contributed by atoms with Gasteiger partial charge in [0.1, 0.15) is 26.3 Å². The first-order valence-corrected chi connectivity index (χ1v) is 8.81. The Morgan fingerprint density at radius 1 is 0.897 bits per heavy atom. The van der Waals surface area contributed by atoms with Gasteiger partial charge in [-0.15, -0.1) is 0 Å². The van der Waals surface area contributed by atoms with Crippen LogP contribution in [0.5, 0.6) is 0 Å². The van der Waals surface area contributed by atoms with E-state index in [1.54, 1.807) is 6.92 Å². The number of ether oxygens (including phenoxy) is 2. The molecule has 0 amide bonds. The molecule has 1 atom stereocenters. The molecule has 1 unspecified atom stereocenters. The number of carboxylic acids is 2. The first-order valence-electron chi connectivity index (χ1n) is 8.81. The van der Waals surface area contributed by atoms with Crippen molar-refractivity contribution in [2.24, 2.45) is 0 Å². The summed E-state index contributed by atoms with van der Waals surface area (Å²) in [5.41, 5.74) is 0. The summed E-state index contributed by atoms with van der Waals surface area (Å²) < 4.78 is 10.7. The smallest absolute Gasteiger partial charge is 0.293 e. The van der Waals surface area contributed by atoms with E-state index in [4.69, 9.17) is 15.0 Å². The number of nitrogens with zero attached hydrogens (tertiary/aromatic N) is 2. The fraction of sp³-hybridized carbons (Fsp3) is 0.778. The number of quaternary nitrogens is 2. The lowest BCUT2D eigenvalue weighted by molar-refractivity contribution is -0.870. The molecule has 0 aliphatic heterocycles. The molecule has 0 aliphatic carbocycles. The van der Waals surface area contributed by atoms with Crippen molar-refractivity contribution < 1.29 is 52.9 Å². The summed E-state index contributed by atoms with van der Waals surface area (Å²) >= 11 is 0. The largest absolute Gasteiger partial charge is 0.550 e. The van der Waals surface area contributed by atoms with Crippen molar-refractivity contribution in [3.8, 4) is 0 Å². The highest BCUT2D eigenvalue weighted by atomic mass is 16.5. The minimum atomic E-state index is -1.40. The quantitative estimate of drug-likeness (QED) is 0.219. The average Bonchev–Trinajstić information content (AvgIpc) is 2.53. The predicted molar refractivity (Wildman–Crippen MR) is 102 cm³/mol. The Morgan fingerprint density at radius 2 is 1.17 bits per heavy atom. The minimum Gasteiger partial charge on any atom is -0.550 e. The van der Waals surface area contributed by atoms with Gasteiger partial charge in [0.15, 0.2) is 0 Å². The fourth-order valence-electron chi connectivity index (χ4n) is 0.916. The minimum absolute atomic E-state index is 0.211. The maximum absolute atomic E-state index is 9.66. The second-order valence-corrected chi connectivity index (χ2v) is 7.70. The van der Waals surface area contributed by atoms with Gasteiger partial charge in [-0.05, 0) is 13.3 Å². The van der Waals surface area contributed by atoms with E-state index in [2.05, 4.69) is 9.47 Å². The van der Waals surface area contributed by atoms with Gasteiger partial charge in [-0.2, -0.15) is 0 Å². The molecule has 0 aromatic rings. The van der Waals surface area contributed by atoms with E-state index in [1.807, 2.05) is 42.3 Å². The number of hydrogen-bond donors (Lipinski definition) is 1. The van der Waals surface area contributed by atoms with Gasteiger partial charge in [-0.1, -0.05) is 6.92 Å². The number of rotatable bonds is 10. The molecule has 0 spiro atoms. The summed E-state index contributed by atoms with van der Waals surface area (Å²) in [7, 11) is 12.3. The van der Waals surface area contributed by atoms with Gasteiger partial charge in [0.2, 0.25) is 0 Å². The standard InChI is InChI=1S/2C6H14NO2.C4H8O3.C2H4O2/c2*1-7(2,3)4-5-9-6-8;1-2-3(5)4(6)7;1-2(3)4/h2*6H,4-5H2,1-3H3;3,5H,2H2,1H3,(H,6,7);1H3,(H,3,4)/q2*+1;;/p-2. The summed E-state index contributed by atoms with van der Waals surface area (Å²) in [4.78, 5) is 37.8. The highest BCUT2D eigenvalue weighted by Crippen LogP contribution is 1.88. The highest BCUT2D eigenvalue weighted by molar-refractivity contribution is 5.69. The summed E-state index contributed by atoms with van der Waals surface area (Å²) in [5, 5.41) is 26.7. The van der Waals surface area contributed by atoms with Crippen LogP contribution in [-0.2, 0) is 28.7 Å². The number of aliphatic hydroxyl groups is 1. The number of aliphatic carboxylic acids is 2. The third kappa shape index (κ3) is 58.5. The maximum atomic E-state index is 9.66. The molecule has 0 aromatic heterocycles. The molecule has 11 heteroatoms. The average molecular weight is 427 g/mol. The van der Waals surface area contributed by atoms with E-state index < -0.39 is 18.0 Å². The summed E-state index contributed by atoms with van der Waals surface area (Å²) in [6.45, 7) is 6.24. The molecule has 174 valence electrons. The lowest BCUT2D eigenvalue weighted by Gasteiger charge is -2.22. The molecular formula is C18H38N2O9. The van der Waals surface area contributed by atoms with Crippen molar-refractivity contribution in [3.63, 3.8) is 0 Å². The van der Waals surface area contributed by atoms with Crippen LogP contribution < -0.4 is 10.2 Å². The Bertz CT molecular complexity index is 402. The number of carboxylic acid groups (broad SMARTS) is 2. The fourth-order valence-corrected chi connectivity index (χ4v) is 0.916. The molecule has 0 radical (unpaired) electrons. The molecular weight excluding hydrogens is 388 g/mol. The zero-order chi connectivity index (χ0) is 24.1. The number of carbonyl (C=O) groups excluding carboxylic acids is 4. The molecule has 0 fully saturated rings. The zero-order valence-electron chi connectivity index (χ0n) is 18.9. The normalized spacial score (nSPS) is 10.9. The van der Waals surface area contributed by atoms with E-state index in [1.165, 1.54) is 0 Å². The van der Waals surface area contributed by atoms with Crippen molar-refractivity contribution in [2.45, 2.75) is 26.4 Å². The maximum Gasteiger partial charge on any atom is 0.293 e. The van der Waals surface area contributed by atoms with Crippen LogP contribution in [0.3, 0.4) is 0 Å². The lowest BCUT2D eigenvalue weighted by atomic mass is 10.3. The summed E-state index contributed by atoms with van der Waals surface area (Å²) in [5.74, 6) is -2.48. The molecule has 0 rings (SSSR count). The van der Waals surface area contributed by atoms with Crippen molar-refractivity contribution in [1.82, 2.24) is 0 Å². The first-order chi connectivity index (χ1) is 13.0. The van der Waals surface area contributed by atoms with Crippen LogP contribution in [0, 0.1) is 0 Å². The van der Waals surface area contributed by atoms with Crippen molar-refractivity contribution in [2.75, 3.05) is 68.6 Å². The number of carbonyl (C=O) groups is 4. The molecule has 1 N–H and O–H groups in total. The predicted octanol–water partition coefficient (Wildman–Crippen LogP) is -3.01. The first kappa shape index (κ1) is 34.3. The SMILES string of the molecule is CC(=O)[O-].CCC(O)C(=O)[O-].C[N+](C)(C)CCOC=O.C[N+](C)(C)CCOC=O. The third-order valence-corrected chi connectivity index (χ3v) is 2.55. The topological polar surface area (TPSA) is 153 Å². The molecule has 0 saturated heterocycles. The van der Waals surface area contributed by atoms with Crippen LogP contribution in [0.1, 0.15) is 20.3 Å². The molecule has 0 aromatic carbocycles. The molecule has 0 aliphatic rings. The Balaban J connectivity index is -0.000000149. The molecule has 11 nitrogen and oxygen atoms in total. The monoisotopic (exact) mass is 426 g/mol. The van der Waals surface area contributed by atoms with E-state index in [-0.39, 0.29) is 6.42 Å². The van der Waals surface area contributed by atoms with Crippen LogP contribution in [0.4, 0.5) is 0 Å². The van der Waals surface area contributed by atoms with Gasteiger partial charge in [0, 0.05) is 5.97 Å². The van der Waals surface area contributed by atoms with Gasteiger partial charge in [0.25, 0.3) is 12.9 Å². The third-order valence-electron chi connectivity index (χ3n) is 2.55. The van der Waals surface area contributed by atoms with Crippen LogP contribution in [0.2, 0.25) is 0 Å². The molecule has 0 saturated carbocycles. The van der Waals surface area contributed by atoms with Gasteiger partial charge in [-0.3, -0.25) is 9.59 Å². The van der Waals surface area contributed by atoms with Crippen molar-refractivity contribution in [1.29, 1.82) is 0 Å². The van der Waals surface area contributed by atoms with Gasteiger partial charge in [0.05, 0.1) is 54.4 Å². The Hall–Kier alpha value is -2.24. The van der Waals surface area contributed by atoms with E-state index in [9.17, 15) is 19.5 Å². The number of aliphatic hydroxyl groups excluding tert-OH is 1. The van der Waals surface area contributed by atoms with Crippen LogP contribution in [-0.4, -0.2) is 114 Å². The second kappa shape index (κ2) is 20.5. The molecule has 29 heavy (non-hydrogen) atoms. The van der Waals surface area contributed by atoms with E-state index in [0.29, 0.717) is 26.2 Å². The van der Waals surface area contributed by atoms with E-state index in [0.717, 1.165) is 29.0 Å². The Morgan fingerprint density at radius 3 is 1.28 bits per heavy atom. The highest BCUT2D eigenvalue weighted by Gasteiger charge is 2.05. The Kier molecular flexibility index (Phi) is 24.2. The number of hydrogen-bond acceptors (Lipinski definition) is 9. The van der Waals surface area contributed by atoms with Crippen molar-refractivity contribution in [3.05, 3.63) is 0 Å². The summed E-state index contributed by atoms with van der Waals surface area (Å²) in [6.07, 6.45) is -1.08. The van der Waals surface area contributed by atoms with Crippen LogP contribution >= 0.6 is 0 Å². The zero-order valence-corrected chi connectivity index (χ0v) is 18.9. The number of likely N-dealkylation sites (N-methyl/N-ethyl adjacent to an activating group) is 2.